The minimum absolute atomic E-state index is 0. The molecule has 154 valence electrons. The van der Waals surface area contributed by atoms with Gasteiger partial charge in [-0.3, -0.25) is 4.79 Å². The van der Waals surface area contributed by atoms with E-state index in [2.05, 4.69) is 22.0 Å². The third-order valence-electron chi connectivity index (χ3n) is 5.52. The molecule has 0 atom stereocenters. The Morgan fingerprint density at radius 1 is 1.07 bits per heavy atom. The number of benzene rings is 2. The molecule has 2 aromatic carbocycles. The molecule has 1 fully saturated rings. The third kappa shape index (κ3) is 5.53. The number of H-pyrrole nitrogens is 1. The lowest BCUT2D eigenvalue weighted by atomic mass is 9.89. The van der Waals surface area contributed by atoms with Crippen LogP contribution in [0.3, 0.4) is 0 Å². The number of aromatic amines is 1. The van der Waals surface area contributed by atoms with E-state index in [-0.39, 0.29) is 18.0 Å². The maximum Gasteiger partial charge on any atom is 0.290 e. The van der Waals surface area contributed by atoms with Gasteiger partial charge in [0.15, 0.2) is 5.75 Å². The van der Waals surface area contributed by atoms with Gasteiger partial charge in [-0.1, -0.05) is 41.9 Å². The van der Waals surface area contributed by atoms with Gasteiger partial charge in [0.25, 0.3) is 5.56 Å². The van der Waals surface area contributed by atoms with Crippen molar-refractivity contribution < 1.29 is 4.74 Å². The number of hydrogen-bond donors (Lipinski definition) is 1. The zero-order valence-electron chi connectivity index (χ0n) is 16.3. The van der Waals surface area contributed by atoms with Crippen LogP contribution in [-0.4, -0.2) is 36.1 Å². The van der Waals surface area contributed by atoms with Gasteiger partial charge in [-0.05, 0) is 68.1 Å². The highest BCUT2D eigenvalue weighted by Gasteiger charge is 2.20. The summed E-state index contributed by atoms with van der Waals surface area (Å²) in [6, 6.07) is 17.8. The predicted octanol–water partition coefficient (Wildman–Crippen LogP) is 5.25. The minimum atomic E-state index is -0.164. The van der Waals surface area contributed by atoms with Crippen LogP contribution >= 0.6 is 24.0 Å². The summed E-state index contributed by atoms with van der Waals surface area (Å²) >= 11 is 5.99. The van der Waals surface area contributed by atoms with E-state index in [4.69, 9.17) is 16.3 Å². The van der Waals surface area contributed by atoms with E-state index < -0.39 is 0 Å². The largest absolute Gasteiger partial charge is 0.488 e. The fourth-order valence-corrected chi connectivity index (χ4v) is 4.06. The number of nitrogens with one attached hydrogen (secondary N) is 1. The summed E-state index contributed by atoms with van der Waals surface area (Å²) in [5.41, 5.74) is 2.06. The molecule has 1 aliphatic rings. The van der Waals surface area contributed by atoms with Gasteiger partial charge in [0.05, 0.1) is 6.61 Å². The molecule has 0 amide bonds. The zero-order chi connectivity index (χ0) is 19.3. The van der Waals surface area contributed by atoms with Gasteiger partial charge in [-0.25, -0.2) is 0 Å². The first kappa shape index (κ1) is 21.7. The fraction of sp³-hybridized carbons (Fsp3) is 0.348. The first-order valence-corrected chi connectivity index (χ1v) is 10.3. The van der Waals surface area contributed by atoms with E-state index in [1.54, 1.807) is 0 Å². The molecule has 2 heterocycles. The van der Waals surface area contributed by atoms with Crippen LogP contribution in [0.2, 0.25) is 5.02 Å². The Balaban J connectivity index is 0.00000240. The Hall–Kier alpha value is -2.01. The molecule has 1 N–H and O–H groups in total. The van der Waals surface area contributed by atoms with E-state index in [0.29, 0.717) is 18.3 Å². The smallest absolute Gasteiger partial charge is 0.290 e. The van der Waals surface area contributed by atoms with Crippen molar-refractivity contribution in [3.63, 3.8) is 0 Å². The van der Waals surface area contributed by atoms with Crippen LogP contribution in [0.1, 0.15) is 30.7 Å². The maximum atomic E-state index is 12.1. The van der Waals surface area contributed by atoms with E-state index in [9.17, 15) is 4.79 Å². The van der Waals surface area contributed by atoms with Crippen LogP contribution in [0.25, 0.3) is 10.9 Å². The van der Waals surface area contributed by atoms with Crippen molar-refractivity contribution in [1.29, 1.82) is 0 Å². The summed E-state index contributed by atoms with van der Waals surface area (Å²) in [5.74, 6) is 1.03. The summed E-state index contributed by atoms with van der Waals surface area (Å²) in [6.45, 7) is 3.76. The number of piperidine rings is 1. The number of pyridine rings is 1. The summed E-state index contributed by atoms with van der Waals surface area (Å²) in [4.78, 5) is 17.5. The highest BCUT2D eigenvalue weighted by molar-refractivity contribution is 6.30. The molecule has 6 heteroatoms. The normalized spacial score (nSPS) is 15.2. The topological polar surface area (TPSA) is 45.3 Å². The lowest BCUT2D eigenvalue weighted by Gasteiger charge is -2.32. The Morgan fingerprint density at radius 2 is 1.79 bits per heavy atom. The van der Waals surface area contributed by atoms with Gasteiger partial charge < -0.3 is 14.6 Å². The second-order valence-corrected chi connectivity index (χ2v) is 7.86. The minimum Gasteiger partial charge on any atom is -0.488 e. The van der Waals surface area contributed by atoms with E-state index in [1.165, 1.54) is 18.4 Å². The first-order chi connectivity index (χ1) is 13.7. The second kappa shape index (κ2) is 10.1. The highest BCUT2D eigenvalue weighted by Crippen LogP contribution is 2.28. The van der Waals surface area contributed by atoms with Gasteiger partial charge >= 0.3 is 0 Å². The standard InChI is InChI=1S/C23H25ClN2O2.ClH/c24-20-8-6-17(7-9-20)18-10-13-26(14-11-18)12-3-15-28-22-16-19-4-1-2-5-21(19)25-23(22)27;/h1-2,4-9,16,18H,3,10-15H2,(H,25,27);1H. The summed E-state index contributed by atoms with van der Waals surface area (Å²) < 4.78 is 5.75. The summed E-state index contributed by atoms with van der Waals surface area (Å²) in [6.07, 6.45) is 3.26. The van der Waals surface area contributed by atoms with Crippen LogP contribution in [-0.2, 0) is 0 Å². The number of hydrogen-bond acceptors (Lipinski definition) is 3. The quantitative estimate of drug-likeness (QED) is 0.540. The number of ether oxygens (including phenoxy) is 1. The molecule has 3 aromatic rings. The van der Waals surface area contributed by atoms with E-state index >= 15 is 0 Å². The number of rotatable bonds is 6. The average molecular weight is 433 g/mol. The number of likely N-dealkylation sites (tertiary alicyclic amines) is 1. The molecule has 0 radical (unpaired) electrons. The predicted molar refractivity (Wildman–Crippen MR) is 122 cm³/mol. The molecule has 0 bridgehead atoms. The number of nitrogens with zero attached hydrogens (tertiary/aromatic N) is 1. The molecular formula is C23H26Cl2N2O2. The maximum absolute atomic E-state index is 12.1. The molecular weight excluding hydrogens is 407 g/mol. The van der Waals surface area contributed by atoms with Crippen LogP contribution in [0.4, 0.5) is 0 Å². The van der Waals surface area contributed by atoms with Crippen LogP contribution in [0.15, 0.2) is 59.4 Å². The van der Waals surface area contributed by atoms with Crippen molar-refractivity contribution in [2.75, 3.05) is 26.2 Å². The van der Waals surface area contributed by atoms with Crippen molar-refractivity contribution in [3.05, 3.63) is 75.5 Å². The van der Waals surface area contributed by atoms with Crippen molar-refractivity contribution in [3.8, 4) is 5.75 Å². The first-order valence-electron chi connectivity index (χ1n) is 9.92. The zero-order valence-corrected chi connectivity index (χ0v) is 17.8. The second-order valence-electron chi connectivity index (χ2n) is 7.42. The van der Waals surface area contributed by atoms with Crippen LogP contribution < -0.4 is 10.3 Å². The Kier molecular flexibility index (Phi) is 7.59. The molecule has 0 spiro atoms. The fourth-order valence-electron chi connectivity index (χ4n) is 3.93. The summed E-state index contributed by atoms with van der Waals surface area (Å²) in [5, 5.41) is 1.79. The third-order valence-corrected chi connectivity index (χ3v) is 5.78. The molecule has 4 rings (SSSR count). The van der Waals surface area contributed by atoms with E-state index in [0.717, 1.165) is 42.0 Å². The molecule has 1 saturated heterocycles. The average Bonchev–Trinajstić information content (AvgIpc) is 2.72. The SMILES string of the molecule is Cl.O=c1[nH]c2ccccc2cc1OCCCN1CCC(c2ccc(Cl)cc2)CC1. The van der Waals surface area contributed by atoms with Crippen molar-refractivity contribution >= 4 is 34.9 Å². The van der Waals surface area contributed by atoms with Crippen LogP contribution in [0, 0.1) is 0 Å². The lowest BCUT2D eigenvalue weighted by molar-refractivity contribution is 0.192. The van der Waals surface area contributed by atoms with Crippen LogP contribution in [0.5, 0.6) is 5.75 Å². The van der Waals surface area contributed by atoms with Gasteiger partial charge in [0, 0.05) is 22.5 Å². The van der Waals surface area contributed by atoms with Gasteiger partial charge in [-0.2, -0.15) is 0 Å². The molecule has 29 heavy (non-hydrogen) atoms. The Bertz CT molecular complexity index is 980. The van der Waals surface area contributed by atoms with Gasteiger partial charge in [0.2, 0.25) is 0 Å². The van der Waals surface area contributed by atoms with Crippen molar-refractivity contribution in [1.82, 2.24) is 9.88 Å². The number of para-hydroxylation sites is 1. The van der Waals surface area contributed by atoms with Gasteiger partial charge in [0.1, 0.15) is 0 Å². The molecule has 1 aromatic heterocycles. The molecule has 1 aliphatic heterocycles. The molecule has 0 unspecified atom stereocenters. The van der Waals surface area contributed by atoms with Crippen molar-refractivity contribution in [2.24, 2.45) is 0 Å². The van der Waals surface area contributed by atoms with E-state index in [1.807, 2.05) is 42.5 Å². The highest BCUT2D eigenvalue weighted by atomic mass is 35.5. The number of aromatic nitrogens is 1. The Morgan fingerprint density at radius 3 is 2.55 bits per heavy atom. The Labute approximate surface area is 182 Å². The van der Waals surface area contributed by atoms with Gasteiger partial charge in [-0.15, -0.1) is 12.4 Å². The lowest BCUT2D eigenvalue weighted by Crippen LogP contribution is -2.34. The molecule has 0 saturated carbocycles. The number of halogens is 2. The van der Waals surface area contributed by atoms with Crippen molar-refractivity contribution in [2.45, 2.75) is 25.2 Å². The molecule has 4 nitrogen and oxygen atoms in total. The summed E-state index contributed by atoms with van der Waals surface area (Å²) in [7, 11) is 0. The monoisotopic (exact) mass is 432 g/mol. The number of fused-ring (bicyclic) bond motifs is 1. The molecule has 0 aliphatic carbocycles.